The molecule has 0 bridgehead atoms. The van der Waals surface area contributed by atoms with Gasteiger partial charge in [-0.05, 0) is 61.6 Å². The first-order valence-electron chi connectivity index (χ1n) is 13.0. The van der Waals surface area contributed by atoms with E-state index in [1.165, 1.54) is 11.8 Å². The number of likely N-dealkylation sites (N-methyl/N-ethyl adjacent to an activating group) is 1. The van der Waals surface area contributed by atoms with Crippen LogP contribution in [0.25, 0.3) is 0 Å². The maximum atomic E-state index is 14.0. The fraction of sp³-hybridized carbons (Fsp3) is 0.233. The number of hydrogen-bond acceptors (Lipinski definition) is 9. The number of amides is 1. The second-order valence-electron chi connectivity index (χ2n) is 9.12. The minimum atomic E-state index is -0.0957. The summed E-state index contributed by atoms with van der Waals surface area (Å²) < 4.78 is 5.88. The Morgan fingerprint density at radius 1 is 1.07 bits per heavy atom. The first kappa shape index (κ1) is 27.6. The third kappa shape index (κ3) is 5.82. The van der Waals surface area contributed by atoms with Gasteiger partial charge in [-0.2, -0.15) is 5.26 Å². The van der Waals surface area contributed by atoms with Crippen LogP contribution in [-0.4, -0.2) is 49.8 Å². The topological polar surface area (TPSA) is 93.0 Å². The number of nitriles is 1. The summed E-state index contributed by atoms with van der Waals surface area (Å²) in [6.45, 7) is 4.44. The maximum absolute atomic E-state index is 14.0. The van der Waals surface area contributed by atoms with E-state index in [4.69, 9.17) is 9.73 Å². The van der Waals surface area contributed by atoms with Gasteiger partial charge in [0.05, 0.1) is 40.3 Å². The van der Waals surface area contributed by atoms with Gasteiger partial charge in [0.25, 0.3) is 5.91 Å². The number of hydrogen-bond donors (Lipinski definition) is 2. The Kier molecular flexibility index (Phi) is 8.65. The van der Waals surface area contributed by atoms with Crippen molar-refractivity contribution in [2.75, 3.05) is 44.0 Å². The summed E-state index contributed by atoms with van der Waals surface area (Å²) in [7, 11) is 3.87. The number of rotatable bonds is 9. The molecule has 1 amide bonds. The number of aliphatic imine (C=N–C) groups is 1. The summed E-state index contributed by atoms with van der Waals surface area (Å²) >= 11 is 2.94. The Morgan fingerprint density at radius 2 is 1.90 bits per heavy atom. The fourth-order valence-electron chi connectivity index (χ4n) is 4.35. The van der Waals surface area contributed by atoms with Gasteiger partial charge in [0.1, 0.15) is 17.3 Å². The predicted octanol–water partition coefficient (Wildman–Crippen LogP) is 5.76. The smallest absolute Gasteiger partial charge is 0.269 e. The lowest BCUT2D eigenvalue weighted by Crippen LogP contribution is -2.29. The zero-order chi connectivity index (χ0) is 28.1. The number of ether oxygens (including phenoxy) is 1. The van der Waals surface area contributed by atoms with Gasteiger partial charge in [0.2, 0.25) is 0 Å². The number of anilines is 2. The summed E-state index contributed by atoms with van der Waals surface area (Å²) in [6.07, 6.45) is 0. The molecule has 2 aliphatic heterocycles. The van der Waals surface area contributed by atoms with Crippen LogP contribution >= 0.6 is 23.5 Å². The summed E-state index contributed by atoms with van der Waals surface area (Å²) in [4.78, 5) is 24.4. The van der Waals surface area contributed by atoms with Gasteiger partial charge in [-0.15, -0.1) is 0 Å². The molecule has 0 aliphatic carbocycles. The fourth-order valence-corrected chi connectivity index (χ4v) is 6.66. The van der Waals surface area contributed by atoms with E-state index < -0.39 is 0 Å². The SMILES string of the molecule is CCNc1ccc(C#N)cc1N=C1S/C(=C2\Sc3ccc(OCCNC)cc3N2C)C(=O)N1Cc1ccccc1. The third-order valence-corrected chi connectivity index (χ3v) is 8.81. The van der Waals surface area contributed by atoms with Crippen molar-refractivity contribution in [1.29, 1.82) is 5.26 Å². The first-order valence-corrected chi connectivity index (χ1v) is 14.6. The zero-order valence-corrected chi connectivity index (χ0v) is 24.2. The van der Waals surface area contributed by atoms with E-state index >= 15 is 0 Å². The second kappa shape index (κ2) is 12.5. The number of benzene rings is 3. The van der Waals surface area contributed by atoms with Crippen molar-refractivity contribution in [2.24, 2.45) is 4.99 Å². The van der Waals surface area contributed by atoms with Gasteiger partial charge in [-0.3, -0.25) is 9.69 Å². The number of fused-ring (bicyclic) bond motifs is 1. The van der Waals surface area contributed by atoms with Crippen LogP contribution in [0.4, 0.5) is 17.1 Å². The van der Waals surface area contributed by atoms with Gasteiger partial charge in [0, 0.05) is 31.1 Å². The van der Waals surface area contributed by atoms with E-state index in [1.54, 1.807) is 28.8 Å². The number of nitrogens with one attached hydrogen (secondary N) is 2. The summed E-state index contributed by atoms with van der Waals surface area (Å²) in [5.74, 6) is 0.695. The Labute approximate surface area is 243 Å². The molecule has 1 saturated heterocycles. The molecule has 5 rings (SSSR count). The van der Waals surface area contributed by atoms with Gasteiger partial charge >= 0.3 is 0 Å². The van der Waals surface area contributed by atoms with E-state index in [9.17, 15) is 10.1 Å². The van der Waals surface area contributed by atoms with Crippen molar-refractivity contribution in [1.82, 2.24) is 10.2 Å². The molecular weight excluding hydrogens is 541 g/mol. The van der Waals surface area contributed by atoms with Crippen LogP contribution in [0.15, 0.2) is 86.6 Å². The van der Waals surface area contributed by atoms with E-state index in [1.807, 2.05) is 75.6 Å². The molecule has 0 unspecified atom stereocenters. The van der Waals surface area contributed by atoms with Crippen molar-refractivity contribution in [3.05, 3.63) is 87.8 Å². The molecule has 3 aromatic rings. The highest BCUT2D eigenvalue weighted by molar-refractivity contribution is 8.19. The summed E-state index contributed by atoms with van der Waals surface area (Å²) in [6, 6.07) is 23.5. The average molecular weight is 571 g/mol. The lowest BCUT2D eigenvalue weighted by Gasteiger charge is -2.17. The van der Waals surface area contributed by atoms with Crippen molar-refractivity contribution in [2.45, 2.75) is 18.4 Å². The molecule has 1 fully saturated rings. The van der Waals surface area contributed by atoms with Crippen LogP contribution in [0, 0.1) is 11.3 Å². The van der Waals surface area contributed by atoms with Gasteiger partial charge < -0.3 is 20.3 Å². The van der Waals surface area contributed by atoms with Crippen LogP contribution in [-0.2, 0) is 11.3 Å². The highest BCUT2D eigenvalue weighted by Gasteiger charge is 2.39. The standard InChI is InChI=1S/C30H30N6O2S2/c1-4-33-23-12-10-21(18-31)16-24(23)34-30-36(19-20-8-6-5-7-9-20)28(37)27(40-30)29-35(3)25-17-22(38-15-14-32-2)11-13-26(25)39-29/h5-13,16-17,32-33H,4,14-15,19H2,1-3H3/b29-27-,34-30?. The molecule has 204 valence electrons. The molecule has 0 saturated carbocycles. The van der Waals surface area contributed by atoms with Crippen LogP contribution < -0.4 is 20.3 Å². The van der Waals surface area contributed by atoms with Crippen LogP contribution in [0.3, 0.4) is 0 Å². The molecule has 2 N–H and O–H groups in total. The molecular formula is C30H30N6O2S2. The van der Waals surface area contributed by atoms with Crippen LogP contribution in [0.1, 0.15) is 18.1 Å². The van der Waals surface area contributed by atoms with E-state index in [0.717, 1.165) is 39.2 Å². The molecule has 3 aromatic carbocycles. The molecule has 0 aromatic heterocycles. The normalized spacial score (nSPS) is 17.4. The lowest BCUT2D eigenvalue weighted by molar-refractivity contribution is -0.122. The Bertz CT molecular complexity index is 1520. The number of amidine groups is 1. The van der Waals surface area contributed by atoms with E-state index in [2.05, 4.69) is 21.6 Å². The van der Waals surface area contributed by atoms with E-state index in [0.29, 0.717) is 41.0 Å². The van der Waals surface area contributed by atoms with Gasteiger partial charge in [-0.1, -0.05) is 42.1 Å². The van der Waals surface area contributed by atoms with E-state index in [-0.39, 0.29) is 5.91 Å². The highest BCUT2D eigenvalue weighted by atomic mass is 32.2. The molecule has 40 heavy (non-hydrogen) atoms. The van der Waals surface area contributed by atoms with Crippen molar-refractivity contribution < 1.29 is 9.53 Å². The highest BCUT2D eigenvalue weighted by Crippen LogP contribution is 2.51. The van der Waals surface area contributed by atoms with Crippen LogP contribution in [0.2, 0.25) is 0 Å². The maximum Gasteiger partial charge on any atom is 0.269 e. The molecule has 0 radical (unpaired) electrons. The monoisotopic (exact) mass is 570 g/mol. The van der Waals surface area contributed by atoms with Crippen molar-refractivity contribution in [3.8, 4) is 11.8 Å². The molecule has 2 aliphatic rings. The molecule has 8 nitrogen and oxygen atoms in total. The largest absolute Gasteiger partial charge is 0.492 e. The quantitative estimate of drug-likeness (QED) is 0.248. The number of nitrogens with zero attached hydrogens (tertiary/aromatic N) is 4. The van der Waals surface area contributed by atoms with Crippen molar-refractivity contribution >= 4 is 51.7 Å². The second-order valence-corrected chi connectivity index (χ2v) is 11.1. The third-order valence-electron chi connectivity index (χ3n) is 6.38. The molecule has 10 heteroatoms. The lowest BCUT2D eigenvalue weighted by atomic mass is 10.2. The molecule has 0 spiro atoms. The predicted molar refractivity (Wildman–Crippen MR) is 164 cm³/mol. The minimum absolute atomic E-state index is 0.0957. The minimum Gasteiger partial charge on any atom is -0.492 e. The summed E-state index contributed by atoms with van der Waals surface area (Å²) in [5, 5.41) is 17.3. The number of carbonyl (C=O) groups excluding carboxylic acids is 1. The number of carbonyl (C=O) groups is 1. The Balaban J connectivity index is 1.53. The van der Waals surface area contributed by atoms with Gasteiger partial charge in [-0.25, -0.2) is 4.99 Å². The molecule has 0 atom stereocenters. The zero-order valence-electron chi connectivity index (χ0n) is 22.6. The summed E-state index contributed by atoms with van der Waals surface area (Å²) in [5.41, 5.74) is 3.96. The van der Waals surface area contributed by atoms with Crippen molar-refractivity contribution in [3.63, 3.8) is 0 Å². The molecule has 2 heterocycles. The Morgan fingerprint density at radius 3 is 2.65 bits per heavy atom. The van der Waals surface area contributed by atoms with Gasteiger partial charge in [0.15, 0.2) is 5.17 Å². The number of thioether (sulfide) groups is 2. The van der Waals surface area contributed by atoms with Crippen LogP contribution in [0.5, 0.6) is 5.75 Å². The average Bonchev–Trinajstić information content (AvgIpc) is 3.45. The first-order chi connectivity index (χ1) is 19.5. The Hall–Kier alpha value is -3.91.